The van der Waals surface area contributed by atoms with E-state index in [-0.39, 0.29) is 11.5 Å². The van der Waals surface area contributed by atoms with Gasteiger partial charge in [0, 0.05) is 11.1 Å². The summed E-state index contributed by atoms with van der Waals surface area (Å²) in [6, 6.07) is 23.2. The maximum atomic E-state index is 9.79. The number of hydrogen-bond acceptors (Lipinski definition) is 4. The number of benzene rings is 4. The van der Waals surface area contributed by atoms with E-state index in [0.29, 0.717) is 0 Å². The van der Waals surface area contributed by atoms with Crippen molar-refractivity contribution in [3.63, 3.8) is 0 Å². The van der Waals surface area contributed by atoms with Gasteiger partial charge in [-0.2, -0.15) is 0 Å². The van der Waals surface area contributed by atoms with Crippen LogP contribution in [0.5, 0.6) is 23.0 Å². The minimum Gasteiger partial charge on any atom is -0.508 e. The van der Waals surface area contributed by atoms with Crippen LogP contribution in [0.1, 0.15) is 22.3 Å². The molecule has 4 nitrogen and oxygen atoms in total. The van der Waals surface area contributed by atoms with Crippen molar-refractivity contribution in [2.45, 2.75) is 27.7 Å². The van der Waals surface area contributed by atoms with Gasteiger partial charge in [0.2, 0.25) is 0 Å². The van der Waals surface area contributed by atoms with E-state index in [1.807, 2.05) is 51.1 Å². The van der Waals surface area contributed by atoms with E-state index in [2.05, 4.69) is 31.2 Å². The topological polar surface area (TPSA) is 58.9 Å². The molecule has 0 aliphatic rings. The Labute approximate surface area is 202 Å². The van der Waals surface area contributed by atoms with E-state index in [1.165, 1.54) is 5.56 Å². The van der Waals surface area contributed by atoms with Gasteiger partial charge in [-0.25, -0.2) is 0 Å². The van der Waals surface area contributed by atoms with Crippen LogP contribution in [0.15, 0.2) is 72.8 Å². The molecule has 0 bridgehead atoms. The lowest BCUT2D eigenvalue weighted by Gasteiger charge is -2.12. The zero-order valence-corrected chi connectivity index (χ0v) is 20.6. The van der Waals surface area contributed by atoms with Crippen molar-refractivity contribution < 1.29 is 19.7 Å². The molecule has 0 aliphatic heterocycles. The van der Waals surface area contributed by atoms with Crippen LogP contribution in [0.25, 0.3) is 22.3 Å². The summed E-state index contributed by atoms with van der Waals surface area (Å²) in [7, 11) is 3.39. The number of methoxy groups -OCH3 is 2. The number of phenols is 2. The van der Waals surface area contributed by atoms with Gasteiger partial charge in [-0.05, 0) is 98.5 Å². The summed E-state index contributed by atoms with van der Waals surface area (Å²) in [5.41, 5.74) is 8.21. The second-order valence-electron chi connectivity index (χ2n) is 8.41. The number of aromatic hydroxyl groups is 2. The average Bonchev–Trinajstić information content (AvgIpc) is 2.83. The summed E-state index contributed by atoms with van der Waals surface area (Å²) in [4.78, 5) is 0. The zero-order valence-electron chi connectivity index (χ0n) is 20.6. The molecule has 4 aromatic carbocycles. The quantitative estimate of drug-likeness (QED) is 0.337. The van der Waals surface area contributed by atoms with Crippen molar-refractivity contribution in [1.29, 1.82) is 0 Å². The first-order chi connectivity index (χ1) is 16.2. The van der Waals surface area contributed by atoms with Crippen LogP contribution in [0.4, 0.5) is 0 Å². The summed E-state index contributed by atoms with van der Waals surface area (Å²) in [5.74, 6) is 2.34. The molecule has 0 radical (unpaired) electrons. The molecule has 0 aliphatic carbocycles. The lowest BCUT2D eigenvalue weighted by atomic mass is 10.0. The molecule has 0 aromatic heterocycles. The molecule has 176 valence electrons. The number of ether oxygens (including phenoxy) is 2. The van der Waals surface area contributed by atoms with E-state index < -0.39 is 0 Å². The third kappa shape index (κ3) is 5.70. The number of phenolic OH excluding ortho intramolecular Hbond substituents is 2. The highest BCUT2D eigenvalue weighted by Crippen LogP contribution is 2.34. The molecule has 2 N–H and O–H groups in total. The molecule has 34 heavy (non-hydrogen) atoms. The van der Waals surface area contributed by atoms with Gasteiger partial charge in [-0.15, -0.1) is 0 Å². The van der Waals surface area contributed by atoms with Gasteiger partial charge in [0.05, 0.1) is 14.2 Å². The monoisotopic (exact) mass is 456 g/mol. The highest BCUT2D eigenvalue weighted by atomic mass is 16.5. The molecule has 4 heteroatoms. The fourth-order valence-electron chi connectivity index (χ4n) is 3.80. The van der Waals surface area contributed by atoms with E-state index >= 15 is 0 Å². The Bertz CT molecular complexity index is 1290. The Morgan fingerprint density at radius 1 is 0.500 bits per heavy atom. The van der Waals surface area contributed by atoms with Crippen LogP contribution in [-0.4, -0.2) is 24.4 Å². The third-order valence-corrected chi connectivity index (χ3v) is 5.72. The third-order valence-electron chi connectivity index (χ3n) is 5.72. The minimum absolute atomic E-state index is 0.260. The van der Waals surface area contributed by atoms with Crippen molar-refractivity contribution in [1.82, 2.24) is 0 Å². The molecule has 0 unspecified atom stereocenters. The molecule has 4 aromatic rings. The van der Waals surface area contributed by atoms with Crippen molar-refractivity contribution in [2.75, 3.05) is 14.2 Å². The Morgan fingerprint density at radius 3 is 1.62 bits per heavy atom. The van der Waals surface area contributed by atoms with E-state index in [1.54, 1.807) is 32.4 Å². The summed E-state index contributed by atoms with van der Waals surface area (Å²) < 4.78 is 10.7. The van der Waals surface area contributed by atoms with Gasteiger partial charge in [0.1, 0.15) is 23.0 Å². The van der Waals surface area contributed by atoms with Crippen LogP contribution >= 0.6 is 0 Å². The maximum Gasteiger partial charge on any atom is 0.126 e. The van der Waals surface area contributed by atoms with Crippen LogP contribution < -0.4 is 9.47 Å². The first kappa shape index (κ1) is 24.7. The Hall–Kier alpha value is -3.92. The summed E-state index contributed by atoms with van der Waals surface area (Å²) >= 11 is 0. The molecular weight excluding hydrogens is 424 g/mol. The predicted molar refractivity (Wildman–Crippen MR) is 139 cm³/mol. The molecule has 0 fully saturated rings. The standard InChI is InChI=1S/C16H18O2.C14H14O2/c1-11-5-7-16(18-4)14(9-11)13-6-8-15(17-3)12(2)10-13;1-9-3-5-14(16)12(7-9)11-4-6-13(15)10(2)8-11/h5-10H,1-4H3;3-8,15-16H,1-2H3. The molecule has 4 rings (SSSR count). The van der Waals surface area contributed by atoms with Crippen LogP contribution in [0, 0.1) is 27.7 Å². The van der Waals surface area contributed by atoms with Crippen LogP contribution in [0.2, 0.25) is 0 Å². The Morgan fingerprint density at radius 2 is 1.00 bits per heavy atom. The molecule has 0 atom stereocenters. The van der Waals surface area contributed by atoms with Crippen molar-refractivity contribution in [3.8, 4) is 45.3 Å². The lowest BCUT2D eigenvalue weighted by Crippen LogP contribution is -1.91. The molecule has 0 saturated heterocycles. The molecule has 0 saturated carbocycles. The van der Waals surface area contributed by atoms with Crippen LogP contribution in [0.3, 0.4) is 0 Å². The molecular formula is C30H32O4. The first-order valence-electron chi connectivity index (χ1n) is 11.1. The van der Waals surface area contributed by atoms with Crippen LogP contribution in [-0.2, 0) is 0 Å². The average molecular weight is 457 g/mol. The largest absolute Gasteiger partial charge is 0.508 e. The maximum absolute atomic E-state index is 9.79. The summed E-state index contributed by atoms with van der Waals surface area (Å²) in [6.45, 7) is 7.95. The van der Waals surface area contributed by atoms with Gasteiger partial charge in [0.15, 0.2) is 0 Å². The van der Waals surface area contributed by atoms with E-state index in [9.17, 15) is 10.2 Å². The first-order valence-corrected chi connectivity index (χ1v) is 11.1. The van der Waals surface area contributed by atoms with Gasteiger partial charge in [0.25, 0.3) is 0 Å². The van der Waals surface area contributed by atoms with E-state index in [4.69, 9.17) is 9.47 Å². The van der Waals surface area contributed by atoms with Crippen molar-refractivity contribution >= 4 is 0 Å². The van der Waals surface area contributed by atoms with Gasteiger partial charge < -0.3 is 19.7 Å². The molecule has 0 amide bonds. The van der Waals surface area contributed by atoms with Gasteiger partial charge in [-0.1, -0.05) is 35.4 Å². The number of aryl methyl sites for hydroxylation is 4. The molecule has 0 heterocycles. The normalized spacial score (nSPS) is 10.3. The second kappa shape index (κ2) is 10.8. The fraction of sp³-hybridized carbons (Fsp3) is 0.200. The van der Waals surface area contributed by atoms with Gasteiger partial charge in [-0.3, -0.25) is 0 Å². The smallest absolute Gasteiger partial charge is 0.126 e. The van der Waals surface area contributed by atoms with Crippen molar-refractivity contribution in [3.05, 3.63) is 95.1 Å². The minimum atomic E-state index is 0.260. The van der Waals surface area contributed by atoms with Gasteiger partial charge >= 0.3 is 0 Å². The zero-order chi connectivity index (χ0) is 24.8. The highest BCUT2D eigenvalue weighted by molar-refractivity contribution is 5.73. The van der Waals surface area contributed by atoms with E-state index in [0.717, 1.165) is 50.4 Å². The van der Waals surface area contributed by atoms with Crippen molar-refractivity contribution in [2.24, 2.45) is 0 Å². The summed E-state index contributed by atoms with van der Waals surface area (Å²) in [5, 5.41) is 19.2. The fourth-order valence-corrected chi connectivity index (χ4v) is 3.80. The SMILES string of the molecule is COc1ccc(-c2cc(C)ccc2OC)cc1C.Cc1ccc(O)c(-c2ccc(O)c(C)c2)c1. The molecule has 0 spiro atoms. The number of hydrogen-bond donors (Lipinski definition) is 2. The predicted octanol–water partition coefficient (Wildman–Crippen LogP) is 7.37. The second-order valence-corrected chi connectivity index (χ2v) is 8.41. The number of rotatable bonds is 4. The lowest BCUT2D eigenvalue weighted by molar-refractivity contribution is 0.411. The Balaban J connectivity index is 0.000000192. The Kier molecular flexibility index (Phi) is 7.85. The highest BCUT2D eigenvalue weighted by Gasteiger charge is 2.08. The summed E-state index contributed by atoms with van der Waals surface area (Å²) in [6.07, 6.45) is 0.